The van der Waals surface area contributed by atoms with Crippen LogP contribution in [0.15, 0.2) is 112 Å². The van der Waals surface area contributed by atoms with Crippen LogP contribution in [0.1, 0.15) is 0 Å². The Kier molecular flexibility index (Phi) is 6.80. The first-order valence-electron chi connectivity index (χ1n) is 7.82. The van der Waals surface area contributed by atoms with Crippen molar-refractivity contribution in [1.82, 2.24) is 0 Å². The van der Waals surface area contributed by atoms with E-state index in [-0.39, 0.29) is 0 Å². The summed E-state index contributed by atoms with van der Waals surface area (Å²) in [4.78, 5) is 5.79. The van der Waals surface area contributed by atoms with Crippen LogP contribution in [0.3, 0.4) is 0 Å². The second kappa shape index (κ2) is 9.77. The summed E-state index contributed by atoms with van der Waals surface area (Å²) < 4.78 is 5.91. The van der Waals surface area contributed by atoms with Gasteiger partial charge in [0, 0.05) is 11.0 Å². The summed E-state index contributed by atoms with van der Waals surface area (Å²) in [6.07, 6.45) is 1.89. The summed E-state index contributed by atoms with van der Waals surface area (Å²) in [5.41, 5.74) is 0.860. The third kappa shape index (κ3) is 6.18. The number of para-hydroxylation sites is 2. The molecule has 0 fully saturated rings. The van der Waals surface area contributed by atoms with E-state index in [1.807, 2.05) is 90.3 Å². The van der Waals surface area contributed by atoms with E-state index < -0.39 is 0 Å². The van der Waals surface area contributed by atoms with Crippen molar-refractivity contribution in [1.29, 1.82) is 0 Å². The van der Waals surface area contributed by atoms with Crippen molar-refractivity contribution >= 4 is 33.2 Å². The Labute approximate surface area is 156 Å². The predicted octanol–water partition coefficient (Wildman–Crippen LogP) is 6.75. The molecule has 25 heavy (non-hydrogen) atoms. The fraction of sp³-hybridized carbons (Fsp3) is 0. The summed E-state index contributed by atoms with van der Waals surface area (Å²) in [5, 5.41) is 1.99. The molecule has 0 heterocycles. The van der Waals surface area contributed by atoms with Crippen molar-refractivity contribution in [3.63, 3.8) is 0 Å². The van der Waals surface area contributed by atoms with Crippen LogP contribution in [0.25, 0.3) is 0 Å². The Morgan fingerprint density at radius 2 is 1.36 bits per heavy atom. The molecule has 0 radical (unpaired) electrons. The average molecular weight is 364 g/mol. The SMILES string of the molecule is C(=C\C(=Nc1ccccc1)Oc1ccccc1)/SSc1ccccc1. The van der Waals surface area contributed by atoms with E-state index >= 15 is 0 Å². The first-order chi connectivity index (χ1) is 12.4. The normalized spacial score (nSPS) is 11.6. The molecule has 0 aliphatic heterocycles. The van der Waals surface area contributed by atoms with Crippen LogP contribution in [0.5, 0.6) is 5.75 Å². The number of rotatable bonds is 6. The fourth-order valence-electron chi connectivity index (χ4n) is 1.98. The van der Waals surface area contributed by atoms with Gasteiger partial charge in [-0.3, -0.25) is 0 Å². The van der Waals surface area contributed by atoms with Gasteiger partial charge in [-0.05, 0) is 41.8 Å². The molecule has 0 atom stereocenters. The predicted molar refractivity (Wildman–Crippen MR) is 110 cm³/mol. The maximum Gasteiger partial charge on any atom is 0.220 e. The maximum atomic E-state index is 5.91. The molecule has 0 amide bonds. The number of hydrogen-bond donors (Lipinski definition) is 0. The first kappa shape index (κ1) is 17.4. The van der Waals surface area contributed by atoms with E-state index in [1.54, 1.807) is 21.6 Å². The summed E-state index contributed by atoms with van der Waals surface area (Å²) in [6.45, 7) is 0. The van der Waals surface area contributed by atoms with Gasteiger partial charge in [-0.2, -0.15) is 0 Å². The highest BCUT2D eigenvalue weighted by molar-refractivity contribution is 8.77. The van der Waals surface area contributed by atoms with Gasteiger partial charge in [-0.25, -0.2) is 4.99 Å². The molecule has 0 spiro atoms. The lowest BCUT2D eigenvalue weighted by molar-refractivity contribution is 0.556. The van der Waals surface area contributed by atoms with Crippen molar-refractivity contribution in [3.05, 3.63) is 102 Å². The van der Waals surface area contributed by atoms with Crippen LogP contribution < -0.4 is 4.74 Å². The molecule has 2 nitrogen and oxygen atoms in total. The van der Waals surface area contributed by atoms with Gasteiger partial charge in [0.15, 0.2) is 0 Å². The maximum absolute atomic E-state index is 5.91. The van der Waals surface area contributed by atoms with Crippen LogP contribution in [0, 0.1) is 0 Å². The summed E-state index contributed by atoms with van der Waals surface area (Å²) in [5.74, 6) is 1.32. The lowest BCUT2D eigenvalue weighted by Crippen LogP contribution is -2.04. The fourth-order valence-corrected chi connectivity index (χ4v) is 3.59. The van der Waals surface area contributed by atoms with E-state index in [0.717, 1.165) is 11.4 Å². The van der Waals surface area contributed by atoms with Gasteiger partial charge in [0.05, 0.1) is 5.69 Å². The Morgan fingerprint density at radius 1 is 0.760 bits per heavy atom. The van der Waals surface area contributed by atoms with Crippen molar-refractivity contribution in [2.75, 3.05) is 0 Å². The van der Waals surface area contributed by atoms with E-state index in [9.17, 15) is 0 Å². The van der Waals surface area contributed by atoms with Crippen molar-refractivity contribution in [2.24, 2.45) is 4.99 Å². The number of ether oxygens (including phenoxy) is 1. The highest BCUT2D eigenvalue weighted by atomic mass is 33.1. The van der Waals surface area contributed by atoms with Gasteiger partial charge in [0.2, 0.25) is 5.90 Å². The third-order valence-corrected chi connectivity index (χ3v) is 5.12. The van der Waals surface area contributed by atoms with Crippen LogP contribution in [0.2, 0.25) is 0 Å². The molecule has 0 N–H and O–H groups in total. The van der Waals surface area contributed by atoms with Crippen LogP contribution in [-0.4, -0.2) is 5.90 Å². The Morgan fingerprint density at radius 3 is 2.04 bits per heavy atom. The van der Waals surface area contributed by atoms with Crippen molar-refractivity contribution in [2.45, 2.75) is 4.90 Å². The topological polar surface area (TPSA) is 21.6 Å². The summed E-state index contributed by atoms with van der Waals surface area (Å²) in [6, 6.07) is 29.7. The smallest absolute Gasteiger partial charge is 0.220 e. The number of nitrogens with zero attached hydrogens (tertiary/aromatic N) is 1. The largest absolute Gasteiger partial charge is 0.439 e. The Hall–Kier alpha value is -2.43. The van der Waals surface area contributed by atoms with Gasteiger partial charge in [-0.1, -0.05) is 76.2 Å². The van der Waals surface area contributed by atoms with Gasteiger partial charge < -0.3 is 4.74 Å². The van der Waals surface area contributed by atoms with E-state index in [1.165, 1.54) is 4.90 Å². The zero-order valence-electron chi connectivity index (χ0n) is 13.5. The molecule has 4 heteroatoms. The minimum atomic E-state index is 0.554. The standard InChI is InChI=1S/C21H17NOS2/c1-4-10-18(11-5-1)22-21(23-19-12-6-2-7-13-19)16-17-24-25-20-14-8-3-9-15-20/h1-17H/b17-16+,22-21?. The molecular weight excluding hydrogens is 346 g/mol. The highest BCUT2D eigenvalue weighted by Gasteiger charge is 2.00. The van der Waals surface area contributed by atoms with Gasteiger partial charge in [-0.15, -0.1) is 0 Å². The van der Waals surface area contributed by atoms with Crippen LogP contribution in [-0.2, 0) is 0 Å². The Bertz CT molecular complexity index is 818. The molecule has 3 rings (SSSR count). The van der Waals surface area contributed by atoms with Crippen molar-refractivity contribution in [3.8, 4) is 5.75 Å². The Balaban J connectivity index is 1.69. The summed E-state index contributed by atoms with van der Waals surface area (Å²) >= 11 is 0. The molecule has 0 unspecified atom stereocenters. The lowest BCUT2D eigenvalue weighted by atomic mass is 10.3. The zero-order chi connectivity index (χ0) is 17.2. The molecule has 0 bridgehead atoms. The van der Waals surface area contributed by atoms with Crippen molar-refractivity contribution < 1.29 is 4.74 Å². The molecular formula is C21H17NOS2. The number of benzene rings is 3. The average Bonchev–Trinajstić information content (AvgIpc) is 2.67. The van der Waals surface area contributed by atoms with E-state index in [0.29, 0.717) is 5.90 Å². The van der Waals surface area contributed by atoms with Gasteiger partial charge in [0.25, 0.3) is 0 Å². The second-order valence-electron chi connectivity index (χ2n) is 5.00. The number of aliphatic imine (C=N–C) groups is 1. The molecule has 0 aromatic heterocycles. The molecule has 0 saturated heterocycles. The first-order valence-corrected chi connectivity index (χ1v) is 10.0. The number of hydrogen-bond acceptors (Lipinski definition) is 4. The highest BCUT2D eigenvalue weighted by Crippen LogP contribution is 2.31. The zero-order valence-corrected chi connectivity index (χ0v) is 15.1. The van der Waals surface area contributed by atoms with Gasteiger partial charge in [0.1, 0.15) is 5.75 Å². The minimum Gasteiger partial charge on any atom is -0.439 e. The molecule has 0 saturated carbocycles. The van der Waals surface area contributed by atoms with E-state index in [2.05, 4.69) is 17.1 Å². The lowest BCUT2D eigenvalue weighted by Gasteiger charge is -2.05. The molecule has 0 aliphatic carbocycles. The quantitative estimate of drug-likeness (QED) is 0.275. The van der Waals surface area contributed by atoms with Crippen LogP contribution >= 0.6 is 21.6 Å². The van der Waals surface area contributed by atoms with Crippen LogP contribution in [0.4, 0.5) is 5.69 Å². The monoisotopic (exact) mass is 363 g/mol. The van der Waals surface area contributed by atoms with Gasteiger partial charge >= 0.3 is 0 Å². The molecule has 0 aliphatic rings. The molecule has 3 aromatic carbocycles. The molecule has 124 valence electrons. The van der Waals surface area contributed by atoms with E-state index in [4.69, 9.17) is 4.74 Å². The molecule has 3 aromatic rings. The minimum absolute atomic E-state index is 0.554. The summed E-state index contributed by atoms with van der Waals surface area (Å²) in [7, 11) is 3.33. The second-order valence-corrected chi connectivity index (χ2v) is 7.18. The third-order valence-electron chi connectivity index (χ3n) is 3.11.